The minimum atomic E-state index is -0.173. The molecule has 3 aliphatic heterocycles. The summed E-state index contributed by atoms with van der Waals surface area (Å²) in [4.78, 5) is 29.8. The van der Waals surface area contributed by atoms with Crippen molar-refractivity contribution in [3.63, 3.8) is 0 Å². The van der Waals surface area contributed by atoms with Crippen molar-refractivity contribution in [3.05, 3.63) is 17.0 Å². The summed E-state index contributed by atoms with van der Waals surface area (Å²) in [5.74, 6) is 1.38. The number of likely N-dealkylation sites (tertiary alicyclic amines) is 2. The summed E-state index contributed by atoms with van der Waals surface area (Å²) in [5.41, 5.74) is 2.01. The van der Waals surface area contributed by atoms with Gasteiger partial charge >= 0.3 is 0 Å². The van der Waals surface area contributed by atoms with Crippen molar-refractivity contribution < 1.29 is 23.6 Å². The number of nitrogens with zero attached hydrogens (tertiary/aromatic N) is 3. The molecule has 4 rings (SSSR count). The number of hydrogen-bond donors (Lipinski definition) is 1. The van der Waals surface area contributed by atoms with E-state index in [1.807, 2.05) is 18.7 Å². The lowest BCUT2D eigenvalue weighted by atomic mass is 9.84. The van der Waals surface area contributed by atoms with Crippen LogP contribution in [0.4, 0.5) is 0 Å². The molecule has 0 aromatic carbocycles. The second-order valence-electron chi connectivity index (χ2n) is 9.35. The molecule has 3 saturated heterocycles. The van der Waals surface area contributed by atoms with Crippen LogP contribution in [-0.2, 0) is 25.6 Å². The topological polar surface area (TPSA) is 97.1 Å². The van der Waals surface area contributed by atoms with E-state index in [-0.39, 0.29) is 35.8 Å². The average Bonchev–Trinajstić information content (AvgIpc) is 3.54. The smallest absolute Gasteiger partial charge is 0.222 e. The SMILES string of the molecule is COCCNC(=O)C[C@@H]1OC[C@@H]2[C@H]1[C@H](CC(=O)N1CCCC1)CN2Cc1c(C)noc1C. The zero-order chi connectivity index (χ0) is 22.7. The predicted molar refractivity (Wildman–Crippen MR) is 117 cm³/mol. The number of methoxy groups -OCH3 is 1. The molecule has 3 aliphatic rings. The van der Waals surface area contributed by atoms with Crippen LogP contribution in [0.25, 0.3) is 0 Å². The van der Waals surface area contributed by atoms with Crippen LogP contribution in [0.15, 0.2) is 4.52 Å². The number of fused-ring (bicyclic) bond motifs is 1. The first kappa shape index (κ1) is 23.2. The van der Waals surface area contributed by atoms with E-state index in [9.17, 15) is 9.59 Å². The summed E-state index contributed by atoms with van der Waals surface area (Å²) in [7, 11) is 1.62. The molecule has 2 amide bonds. The first-order valence-electron chi connectivity index (χ1n) is 11.8. The highest BCUT2D eigenvalue weighted by molar-refractivity contribution is 5.77. The minimum absolute atomic E-state index is 0.0264. The van der Waals surface area contributed by atoms with Gasteiger partial charge in [0.15, 0.2) is 0 Å². The molecular formula is C23H36N4O5. The maximum absolute atomic E-state index is 13.0. The van der Waals surface area contributed by atoms with Gasteiger partial charge in [-0.25, -0.2) is 0 Å². The summed E-state index contributed by atoms with van der Waals surface area (Å²) in [6.45, 7) is 8.75. The molecule has 178 valence electrons. The molecule has 1 aromatic rings. The molecule has 9 heteroatoms. The van der Waals surface area contributed by atoms with Gasteiger partial charge in [0.25, 0.3) is 0 Å². The van der Waals surface area contributed by atoms with Gasteiger partial charge in [0.2, 0.25) is 11.8 Å². The van der Waals surface area contributed by atoms with Gasteiger partial charge in [-0.2, -0.15) is 0 Å². The molecule has 9 nitrogen and oxygen atoms in total. The molecule has 4 atom stereocenters. The third-order valence-corrected chi connectivity index (χ3v) is 7.29. The highest BCUT2D eigenvalue weighted by Crippen LogP contribution is 2.42. The Morgan fingerprint density at radius 2 is 2.00 bits per heavy atom. The maximum atomic E-state index is 13.0. The van der Waals surface area contributed by atoms with Crippen molar-refractivity contribution in [2.24, 2.45) is 11.8 Å². The van der Waals surface area contributed by atoms with Crippen LogP contribution in [0.3, 0.4) is 0 Å². The first-order chi connectivity index (χ1) is 15.5. The number of aromatic nitrogens is 1. The van der Waals surface area contributed by atoms with E-state index >= 15 is 0 Å². The summed E-state index contributed by atoms with van der Waals surface area (Å²) >= 11 is 0. The Labute approximate surface area is 189 Å². The van der Waals surface area contributed by atoms with Crippen LogP contribution in [0.2, 0.25) is 0 Å². The number of amides is 2. The second-order valence-corrected chi connectivity index (χ2v) is 9.35. The number of ether oxygens (including phenoxy) is 2. The Kier molecular flexibility index (Phi) is 7.48. The van der Waals surface area contributed by atoms with Gasteiger partial charge in [-0.05, 0) is 32.6 Å². The fraction of sp³-hybridized carbons (Fsp3) is 0.783. The largest absolute Gasteiger partial charge is 0.383 e. The number of rotatable bonds is 9. The van der Waals surface area contributed by atoms with Crippen LogP contribution in [0.5, 0.6) is 0 Å². The Hall–Kier alpha value is -1.97. The Morgan fingerprint density at radius 1 is 1.22 bits per heavy atom. The van der Waals surface area contributed by atoms with Crippen molar-refractivity contribution in [2.45, 2.75) is 58.2 Å². The molecule has 0 spiro atoms. The van der Waals surface area contributed by atoms with Crippen LogP contribution >= 0.6 is 0 Å². The number of hydrogen-bond acceptors (Lipinski definition) is 7. The van der Waals surface area contributed by atoms with Crippen LogP contribution in [0.1, 0.15) is 42.7 Å². The van der Waals surface area contributed by atoms with E-state index in [1.54, 1.807) is 7.11 Å². The van der Waals surface area contributed by atoms with Crippen LogP contribution in [-0.4, -0.2) is 85.4 Å². The molecule has 32 heavy (non-hydrogen) atoms. The normalized spacial score (nSPS) is 27.8. The van der Waals surface area contributed by atoms with Gasteiger partial charge < -0.3 is 24.2 Å². The monoisotopic (exact) mass is 448 g/mol. The number of carbonyl (C=O) groups excluding carboxylic acids is 2. The summed E-state index contributed by atoms with van der Waals surface area (Å²) in [6.07, 6.45) is 2.85. The van der Waals surface area contributed by atoms with E-state index in [4.69, 9.17) is 14.0 Å². The lowest BCUT2D eigenvalue weighted by Crippen LogP contribution is -2.37. The van der Waals surface area contributed by atoms with Crippen molar-refractivity contribution in [1.82, 2.24) is 20.3 Å². The molecule has 0 saturated carbocycles. The standard InChI is InChI=1S/C23H36N4O5/c1-15-18(16(2)32-25-15)13-27-12-17(10-22(29)26-7-4-5-8-26)23-19(27)14-31-20(23)11-21(28)24-6-9-30-3/h17,19-20,23H,4-14H2,1-3H3,(H,24,28)/t17-,19-,20+,23-/m1/s1. The molecular weight excluding hydrogens is 412 g/mol. The second kappa shape index (κ2) is 10.3. The average molecular weight is 449 g/mol. The van der Waals surface area contributed by atoms with Crippen molar-refractivity contribution in [1.29, 1.82) is 0 Å². The molecule has 4 heterocycles. The molecule has 0 unspecified atom stereocenters. The van der Waals surface area contributed by atoms with Gasteiger partial charge in [-0.1, -0.05) is 5.16 Å². The predicted octanol–water partition coefficient (Wildman–Crippen LogP) is 1.27. The zero-order valence-corrected chi connectivity index (χ0v) is 19.5. The number of aryl methyl sites for hydroxylation is 2. The lowest BCUT2D eigenvalue weighted by molar-refractivity contribution is -0.131. The van der Waals surface area contributed by atoms with Gasteiger partial charge in [0.1, 0.15) is 5.76 Å². The van der Waals surface area contributed by atoms with Crippen molar-refractivity contribution in [3.8, 4) is 0 Å². The first-order valence-corrected chi connectivity index (χ1v) is 11.8. The number of carbonyl (C=O) groups is 2. The van der Waals surface area contributed by atoms with Gasteiger partial charge in [-0.15, -0.1) is 0 Å². The molecule has 0 radical (unpaired) electrons. The maximum Gasteiger partial charge on any atom is 0.222 e. The third-order valence-electron chi connectivity index (χ3n) is 7.29. The Morgan fingerprint density at radius 3 is 2.69 bits per heavy atom. The fourth-order valence-electron chi connectivity index (χ4n) is 5.59. The van der Waals surface area contributed by atoms with E-state index in [1.165, 1.54) is 0 Å². The zero-order valence-electron chi connectivity index (χ0n) is 19.5. The van der Waals surface area contributed by atoms with Crippen LogP contribution in [0, 0.1) is 25.7 Å². The molecule has 1 aromatic heterocycles. The molecule has 0 aliphatic carbocycles. The van der Waals surface area contributed by atoms with Crippen molar-refractivity contribution >= 4 is 11.8 Å². The summed E-state index contributed by atoms with van der Waals surface area (Å²) in [6, 6.07) is 0.192. The quantitative estimate of drug-likeness (QED) is 0.568. The van der Waals surface area contributed by atoms with Gasteiger partial charge in [0.05, 0.1) is 31.4 Å². The molecule has 0 bridgehead atoms. The summed E-state index contributed by atoms with van der Waals surface area (Å²) < 4.78 is 16.5. The minimum Gasteiger partial charge on any atom is -0.383 e. The van der Waals surface area contributed by atoms with E-state index < -0.39 is 0 Å². The van der Waals surface area contributed by atoms with Gasteiger partial charge in [0, 0.05) is 63.8 Å². The van der Waals surface area contributed by atoms with Gasteiger partial charge in [-0.3, -0.25) is 14.5 Å². The highest BCUT2D eigenvalue weighted by Gasteiger charge is 2.51. The molecule has 1 N–H and O–H groups in total. The lowest BCUT2D eigenvalue weighted by Gasteiger charge is -2.24. The Bertz CT molecular complexity index is 787. The van der Waals surface area contributed by atoms with E-state index in [0.29, 0.717) is 32.6 Å². The molecule has 3 fully saturated rings. The van der Waals surface area contributed by atoms with Crippen LogP contribution < -0.4 is 5.32 Å². The van der Waals surface area contributed by atoms with E-state index in [0.717, 1.165) is 56.0 Å². The number of nitrogens with one attached hydrogen (secondary N) is 1. The highest BCUT2D eigenvalue weighted by atomic mass is 16.5. The third kappa shape index (κ3) is 5.00. The van der Waals surface area contributed by atoms with E-state index in [2.05, 4.69) is 15.4 Å². The summed E-state index contributed by atoms with van der Waals surface area (Å²) in [5, 5.41) is 7.00. The fourth-order valence-corrected chi connectivity index (χ4v) is 5.59. The Balaban J connectivity index is 1.46. The van der Waals surface area contributed by atoms with Crippen molar-refractivity contribution in [2.75, 3.05) is 46.5 Å².